The first kappa shape index (κ1) is 20.4. The lowest BCUT2D eigenvalue weighted by atomic mass is 9.96. The summed E-state index contributed by atoms with van der Waals surface area (Å²) in [6, 6.07) is 4.87. The Morgan fingerprint density at radius 3 is 2.67 bits per heavy atom. The summed E-state index contributed by atoms with van der Waals surface area (Å²) < 4.78 is 5.32. The van der Waals surface area contributed by atoms with Crippen LogP contribution in [0.25, 0.3) is 0 Å². The van der Waals surface area contributed by atoms with Crippen molar-refractivity contribution < 1.29 is 14.3 Å². The molecule has 6 nitrogen and oxygen atoms in total. The maximum Gasteiger partial charge on any atom is 0.253 e. The Bertz CT molecular complexity index is 680. The number of amides is 2. The molecule has 1 aromatic carbocycles. The number of nitrogens with zero attached hydrogens (tertiary/aromatic N) is 2. The van der Waals surface area contributed by atoms with Crippen LogP contribution in [0.4, 0.5) is 0 Å². The van der Waals surface area contributed by atoms with Crippen molar-refractivity contribution in [1.82, 2.24) is 15.1 Å². The Morgan fingerprint density at radius 1 is 1.15 bits per heavy atom. The third-order valence-electron chi connectivity index (χ3n) is 5.08. The molecule has 0 radical (unpaired) electrons. The number of hydrogen-bond acceptors (Lipinski definition) is 4. The fourth-order valence-corrected chi connectivity index (χ4v) is 3.79. The van der Waals surface area contributed by atoms with Crippen molar-refractivity contribution in [2.24, 2.45) is 5.92 Å². The summed E-state index contributed by atoms with van der Waals surface area (Å²) in [5.74, 6) is -0.260. The van der Waals surface area contributed by atoms with E-state index in [0.29, 0.717) is 35.2 Å². The van der Waals surface area contributed by atoms with Gasteiger partial charge < -0.3 is 15.0 Å². The lowest BCUT2D eigenvalue weighted by Gasteiger charge is -2.32. The Hall–Kier alpha value is -1.34. The molecule has 2 amide bonds. The minimum absolute atomic E-state index is 0.0231. The van der Waals surface area contributed by atoms with Crippen LogP contribution in [0.3, 0.4) is 0 Å². The SMILES string of the molecule is O=C(NCCN1CCOCC1)C1CCCN(C(=O)c2ccc(Cl)c(Cl)c2)C1. The standard InChI is InChI=1S/C19H25Cl2N3O3/c20-16-4-3-14(12-17(16)21)19(26)24-6-1-2-15(13-24)18(25)22-5-7-23-8-10-27-11-9-23/h3-4,12,15H,1-2,5-11,13H2,(H,22,25). The van der Waals surface area contributed by atoms with E-state index < -0.39 is 0 Å². The van der Waals surface area contributed by atoms with Gasteiger partial charge in [0.2, 0.25) is 5.91 Å². The molecule has 2 heterocycles. The third-order valence-corrected chi connectivity index (χ3v) is 5.82. The molecular weight excluding hydrogens is 389 g/mol. The fourth-order valence-electron chi connectivity index (χ4n) is 3.49. The molecule has 0 saturated carbocycles. The molecule has 1 aromatic rings. The van der Waals surface area contributed by atoms with E-state index in [2.05, 4.69) is 10.2 Å². The van der Waals surface area contributed by atoms with Crippen molar-refractivity contribution >= 4 is 35.0 Å². The van der Waals surface area contributed by atoms with Gasteiger partial charge in [-0.3, -0.25) is 14.5 Å². The Kier molecular flexibility index (Phi) is 7.35. The van der Waals surface area contributed by atoms with E-state index in [9.17, 15) is 9.59 Å². The molecule has 1 unspecified atom stereocenters. The number of morpholine rings is 1. The summed E-state index contributed by atoms with van der Waals surface area (Å²) in [6.07, 6.45) is 1.61. The summed E-state index contributed by atoms with van der Waals surface area (Å²) in [5, 5.41) is 3.80. The minimum atomic E-state index is -0.171. The highest BCUT2D eigenvalue weighted by Crippen LogP contribution is 2.25. The first-order valence-corrected chi connectivity index (χ1v) is 10.1. The number of carbonyl (C=O) groups excluding carboxylic acids is 2. The summed E-state index contributed by atoms with van der Waals surface area (Å²) in [6.45, 7) is 5.85. The number of nitrogens with one attached hydrogen (secondary N) is 1. The highest BCUT2D eigenvalue weighted by Gasteiger charge is 2.29. The molecule has 148 valence electrons. The second kappa shape index (κ2) is 9.73. The number of ether oxygens (including phenoxy) is 1. The van der Waals surface area contributed by atoms with Gasteiger partial charge >= 0.3 is 0 Å². The number of rotatable bonds is 5. The van der Waals surface area contributed by atoms with Crippen LogP contribution in [0.5, 0.6) is 0 Å². The molecule has 0 aliphatic carbocycles. The first-order valence-electron chi connectivity index (χ1n) is 9.37. The van der Waals surface area contributed by atoms with Crippen LogP contribution < -0.4 is 5.32 Å². The van der Waals surface area contributed by atoms with Gasteiger partial charge in [0.15, 0.2) is 0 Å². The van der Waals surface area contributed by atoms with Gasteiger partial charge in [-0.1, -0.05) is 23.2 Å². The van der Waals surface area contributed by atoms with E-state index >= 15 is 0 Å². The maximum absolute atomic E-state index is 12.7. The molecule has 27 heavy (non-hydrogen) atoms. The molecule has 0 bridgehead atoms. The van der Waals surface area contributed by atoms with Gasteiger partial charge in [-0.2, -0.15) is 0 Å². The average molecular weight is 414 g/mol. The van der Waals surface area contributed by atoms with Crippen LogP contribution in [0.2, 0.25) is 10.0 Å². The summed E-state index contributed by atoms with van der Waals surface area (Å²) in [5.41, 5.74) is 0.498. The van der Waals surface area contributed by atoms with Gasteiger partial charge in [-0.05, 0) is 31.0 Å². The zero-order valence-electron chi connectivity index (χ0n) is 15.3. The van der Waals surface area contributed by atoms with E-state index in [0.717, 1.165) is 45.7 Å². The molecule has 3 rings (SSSR count). The summed E-state index contributed by atoms with van der Waals surface area (Å²) in [7, 11) is 0. The normalized spacial score (nSPS) is 21.1. The number of likely N-dealkylation sites (tertiary alicyclic amines) is 1. The van der Waals surface area contributed by atoms with Crippen molar-refractivity contribution in [3.63, 3.8) is 0 Å². The number of carbonyl (C=O) groups is 2. The molecule has 2 aliphatic rings. The van der Waals surface area contributed by atoms with E-state index in [1.165, 1.54) is 0 Å². The molecule has 2 saturated heterocycles. The monoisotopic (exact) mass is 413 g/mol. The van der Waals surface area contributed by atoms with Crippen molar-refractivity contribution in [2.75, 3.05) is 52.5 Å². The van der Waals surface area contributed by atoms with Crippen molar-refractivity contribution in [3.05, 3.63) is 33.8 Å². The minimum Gasteiger partial charge on any atom is -0.379 e. The predicted octanol–water partition coefficient (Wildman–Crippen LogP) is 2.29. The molecule has 0 aromatic heterocycles. The number of hydrogen-bond donors (Lipinski definition) is 1. The van der Waals surface area contributed by atoms with E-state index in [4.69, 9.17) is 27.9 Å². The lowest BCUT2D eigenvalue weighted by Crippen LogP contribution is -2.47. The van der Waals surface area contributed by atoms with Gasteiger partial charge in [-0.25, -0.2) is 0 Å². The van der Waals surface area contributed by atoms with Crippen LogP contribution in [0.15, 0.2) is 18.2 Å². The largest absolute Gasteiger partial charge is 0.379 e. The first-order chi connectivity index (χ1) is 13.0. The van der Waals surface area contributed by atoms with Crippen LogP contribution >= 0.6 is 23.2 Å². The van der Waals surface area contributed by atoms with Crippen LogP contribution in [0.1, 0.15) is 23.2 Å². The van der Waals surface area contributed by atoms with Gasteiger partial charge in [0.1, 0.15) is 0 Å². The average Bonchev–Trinajstić information content (AvgIpc) is 2.70. The van der Waals surface area contributed by atoms with Crippen LogP contribution in [0, 0.1) is 5.92 Å². The molecule has 2 aliphatic heterocycles. The predicted molar refractivity (Wildman–Crippen MR) is 105 cm³/mol. The topological polar surface area (TPSA) is 61.9 Å². The van der Waals surface area contributed by atoms with Crippen molar-refractivity contribution in [3.8, 4) is 0 Å². The Balaban J connectivity index is 1.49. The molecule has 1 N–H and O–H groups in total. The molecule has 1 atom stereocenters. The smallest absolute Gasteiger partial charge is 0.253 e. The van der Waals surface area contributed by atoms with Crippen molar-refractivity contribution in [1.29, 1.82) is 0 Å². The highest BCUT2D eigenvalue weighted by atomic mass is 35.5. The maximum atomic E-state index is 12.7. The molecule has 8 heteroatoms. The fraction of sp³-hybridized carbons (Fsp3) is 0.579. The number of benzene rings is 1. The van der Waals surface area contributed by atoms with Crippen molar-refractivity contribution in [2.45, 2.75) is 12.8 Å². The quantitative estimate of drug-likeness (QED) is 0.804. The number of halogens is 2. The highest BCUT2D eigenvalue weighted by molar-refractivity contribution is 6.42. The zero-order chi connectivity index (χ0) is 19.2. The lowest BCUT2D eigenvalue weighted by molar-refractivity contribution is -0.126. The third kappa shape index (κ3) is 5.57. The van der Waals surface area contributed by atoms with E-state index in [1.54, 1.807) is 23.1 Å². The van der Waals surface area contributed by atoms with Gasteiger partial charge in [0, 0.05) is 44.8 Å². The second-order valence-electron chi connectivity index (χ2n) is 6.96. The zero-order valence-corrected chi connectivity index (χ0v) is 16.8. The Morgan fingerprint density at radius 2 is 1.93 bits per heavy atom. The summed E-state index contributed by atoms with van der Waals surface area (Å²) >= 11 is 11.9. The van der Waals surface area contributed by atoms with Gasteiger partial charge in [0.05, 0.1) is 29.2 Å². The second-order valence-corrected chi connectivity index (χ2v) is 7.78. The molecular formula is C19H25Cl2N3O3. The van der Waals surface area contributed by atoms with E-state index in [1.807, 2.05) is 0 Å². The summed E-state index contributed by atoms with van der Waals surface area (Å²) in [4.78, 5) is 29.3. The van der Waals surface area contributed by atoms with E-state index in [-0.39, 0.29) is 17.7 Å². The van der Waals surface area contributed by atoms with Crippen LogP contribution in [-0.4, -0.2) is 74.1 Å². The molecule has 0 spiro atoms. The van der Waals surface area contributed by atoms with Gasteiger partial charge in [0.25, 0.3) is 5.91 Å². The van der Waals surface area contributed by atoms with Crippen LogP contribution in [-0.2, 0) is 9.53 Å². The Labute approximate surface area is 169 Å². The number of piperidine rings is 1. The molecule has 2 fully saturated rings. The van der Waals surface area contributed by atoms with Gasteiger partial charge in [-0.15, -0.1) is 0 Å².